The number of nitrogens with zero attached hydrogens (tertiary/aromatic N) is 1. The lowest BCUT2D eigenvalue weighted by molar-refractivity contribution is 0.0552. The second-order valence-electron chi connectivity index (χ2n) is 4.52. The molecule has 4 nitrogen and oxygen atoms in total. The average Bonchev–Trinajstić information content (AvgIpc) is 2.75. The molecule has 1 aromatic heterocycles. The van der Waals surface area contributed by atoms with Gasteiger partial charge in [-0.3, -0.25) is 4.79 Å². The summed E-state index contributed by atoms with van der Waals surface area (Å²) in [4.78, 5) is 14.1. The number of nitrogens with two attached hydrogens (primary N) is 1. The highest BCUT2D eigenvalue weighted by molar-refractivity contribution is 6.29. The predicted molar refractivity (Wildman–Crippen MR) is 73.3 cm³/mol. The summed E-state index contributed by atoms with van der Waals surface area (Å²) in [6.07, 6.45) is 3.09. The molecule has 2 N–H and O–H groups in total. The van der Waals surface area contributed by atoms with E-state index in [2.05, 4.69) is 0 Å². The number of likely N-dealkylation sites (tertiary alicyclic amines) is 1. The molecule has 0 spiro atoms. The quantitative estimate of drug-likeness (QED) is 0.912. The minimum absolute atomic E-state index is 0. The lowest BCUT2D eigenvalue weighted by Gasteiger charge is -2.37. The molecule has 2 atom stereocenters. The van der Waals surface area contributed by atoms with Gasteiger partial charge in [-0.05, 0) is 49.9 Å². The van der Waals surface area contributed by atoms with E-state index in [4.69, 9.17) is 21.8 Å². The normalized spacial score (nSPS) is 21.3. The zero-order valence-corrected chi connectivity index (χ0v) is 11.8. The molecule has 1 aliphatic rings. The van der Waals surface area contributed by atoms with E-state index in [1.807, 2.05) is 11.8 Å². The molecule has 1 amide bonds. The van der Waals surface area contributed by atoms with Crippen LogP contribution in [0.15, 0.2) is 16.5 Å². The van der Waals surface area contributed by atoms with Crippen LogP contribution in [0.4, 0.5) is 0 Å². The molecule has 2 rings (SSSR count). The Bertz CT molecular complexity index is 407. The first-order chi connectivity index (χ1) is 8.09. The van der Waals surface area contributed by atoms with Crippen molar-refractivity contribution in [3.8, 4) is 0 Å². The van der Waals surface area contributed by atoms with Gasteiger partial charge in [0, 0.05) is 18.6 Å². The first-order valence-corrected chi connectivity index (χ1v) is 6.29. The fourth-order valence-corrected chi connectivity index (χ4v) is 2.47. The Morgan fingerprint density at radius 2 is 2.28 bits per heavy atom. The number of halogens is 2. The Kier molecular flexibility index (Phi) is 5.50. The molecule has 0 aromatic carbocycles. The molecule has 1 aromatic rings. The molecule has 102 valence electrons. The number of rotatable bonds is 2. The molecule has 2 unspecified atom stereocenters. The van der Waals surface area contributed by atoms with Gasteiger partial charge in [-0.15, -0.1) is 12.4 Å². The summed E-state index contributed by atoms with van der Waals surface area (Å²) in [7, 11) is 0. The largest absolute Gasteiger partial charge is 0.440 e. The summed E-state index contributed by atoms with van der Waals surface area (Å²) >= 11 is 5.68. The van der Waals surface area contributed by atoms with Crippen LogP contribution in [-0.2, 0) is 0 Å². The highest BCUT2D eigenvalue weighted by Gasteiger charge is 2.31. The lowest BCUT2D eigenvalue weighted by Crippen LogP contribution is -2.51. The second-order valence-corrected chi connectivity index (χ2v) is 4.90. The Labute approximate surface area is 118 Å². The second kappa shape index (κ2) is 6.45. The Morgan fingerprint density at radius 3 is 2.83 bits per heavy atom. The van der Waals surface area contributed by atoms with Crippen molar-refractivity contribution < 1.29 is 9.21 Å². The third kappa shape index (κ3) is 3.19. The van der Waals surface area contributed by atoms with Gasteiger partial charge >= 0.3 is 0 Å². The Balaban J connectivity index is 0.00000162. The highest BCUT2D eigenvalue weighted by atomic mass is 35.5. The van der Waals surface area contributed by atoms with Crippen molar-refractivity contribution in [3.63, 3.8) is 0 Å². The molecule has 1 fully saturated rings. The summed E-state index contributed by atoms with van der Waals surface area (Å²) < 4.78 is 5.16. The minimum Gasteiger partial charge on any atom is -0.440 e. The van der Waals surface area contributed by atoms with Crippen LogP contribution in [0.25, 0.3) is 0 Å². The maximum absolute atomic E-state index is 12.2. The summed E-state index contributed by atoms with van der Waals surface area (Å²) in [6.45, 7) is 2.68. The number of hydrogen-bond donors (Lipinski definition) is 1. The minimum atomic E-state index is -0.112. The lowest BCUT2D eigenvalue weighted by atomic mass is 9.96. The van der Waals surface area contributed by atoms with Gasteiger partial charge in [0.15, 0.2) is 11.0 Å². The Hall–Kier alpha value is -0.710. The van der Waals surface area contributed by atoms with Crippen LogP contribution in [0.2, 0.25) is 5.22 Å². The third-order valence-electron chi connectivity index (χ3n) is 3.20. The van der Waals surface area contributed by atoms with E-state index >= 15 is 0 Å². The van der Waals surface area contributed by atoms with Crippen LogP contribution in [0.5, 0.6) is 0 Å². The number of amides is 1. The topological polar surface area (TPSA) is 59.5 Å². The SMILES string of the molecule is CC(N)C1CCCCN1C(=O)c1ccc(Cl)o1.Cl. The highest BCUT2D eigenvalue weighted by Crippen LogP contribution is 2.23. The van der Waals surface area contributed by atoms with Gasteiger partial charge in [0.2, 0.25) is 0 Å². The van der Waals surface area contributed by atoms with Crippen LogP contribution in [0, 0.1) is 0 Å². The van der Waals surface area contributed by atoms with E-state index in [9.17, 15) is 4.79 Å². The summed E-state index contributed by atoms with van der Waals surface area (Å²) in [6, 6.07) is 3.27. The van der Waals surface area contributed by atoms with E-state index in [-0.39, 0.29) is 35.6 Å². The zero-order valence-electron chi connectivity index (χ0n) is 10.3. The molecule has 0 aliphatic carbocycles. The van der Waals surface area contributed by atoms with Gasteiger partial charge in [-0.25, -0.2) is 0 Å². The van der Waals surface area contributed by atoms with Gasteiger partial charge in [0.05, 0.1) is 0 Å². The van der Waals surface area contributed by atoms with E-state index in [0.717, 1.165) is 25.8 Å². The first kappa shape index (κ1) is 15.3. The Morgan fingerprint density at radius 1 is 1.56 bits per heavy atom. The molecule has 1 aliphatic heterocycles. The van der Waals surface area contributed by atoms with E-state index in [0.29, 0.717) is 5.76 Å². The average molecular weight is 293 g/mol. The summed E-state index contributed by atoms with van der Waals surface area (Å²) in [5, 5.41) is 0.239. The molecule has 0 radical (unpaired) electrons. The number of piperidine rings is 1. The van der Waals surface area contributed by atoms with Crippen LogP contribution in [-0.4, -0.2) is 29.4 Å². The van der Waals surface area contributed by atoms with E-state index in [1.54, 1.807) is 12.1 Å². The van der Waals surface area contributed by atoms with Crippen LogP contribution in [0.1, 0.15) is 36.7 Å². The predicted octanol–water partition coefficient (Wildman–Crippen LogP) is 2.70. The molecular formula is C12H18Cl2N2O2. The van der Waals surface area contributed by atoms with Gasteiger partial charge in [-0.1, -0.05) is 0 Å². The zero-order chi connectivity index (χ0) is 12.4. The molecule has 0 bridgehead atoms. The van der Waals surface area contributed by atoms with Crippen molar-refractivity contribution in [2.24, 2.45) is 5.73 Å². The number of carbonyl (C=O) groups excluding carboxylic acids is 1. The van der Waals surface area contributed by atoms with Crippen molar-refractivity contribution in [1.82, 2.24) is 4.90 Å². The monoisotopic (exact) mass is 292 g/mol. The van der Waals surface area contributed by atoms with Crippen LogP contribution in [0.3, 0.4) is 0 Å². The van der Waals surface area contributed by atoms with Gasteiger partial charge in [-0.2, -0.15) is 0 Å². The number of carbonyl (C=O) groups is 1. The molecular weight excluding hydrogens is 275 g/mol. The van der Waals surface area contributed by atoms with Crippen LogP contribution >= 0.6 is 24.0 Å². The maximum Gasteiger partial charge on any atom is 0.289 e. The molecule has 2 heterocycles. The van der Waals surface area contributed by atoms with E-state index < -0.39 is 0 Å². The first-order valence-electron chi connectivity index (χ1n) is 5.91. The smallest absolute Gasteiger partial charge is 0.289 e. The molecule has 0 saturated carbocycles. The number of furan rings is 1. The van der Waals surface area contributed by atoms with Crippen LogP contribution < -0.4 is 5.73 Å². The van der Waals surface area contributed by atoms with E-state index in [1.165, 1.54) is 0 Å². The summed E-state index contributed by atoms with van der Waals surface area (Å²) in [5.41, 5.74) is 5.93. The van der Waals surface area contributed by atoms with Gasteiger partial charge < -0.3 is 15.1 Å². The van der Waals surface area contributed by atoms with Crippen molar-refractivity contribution in [2.45, 2.75) is 38.3 Å². The van der Waals surface area contributed by atoms with Gasteiger partial charge in [0.25, 0.3) is 5.91 Å². The standard InChI is InChI=1S/C12H17ClN2O2.ClH/c1-8(14)9-4-2-3-7-15(9)12(16)10-5-6-11(13)17-10;/h5-6,8-9H,2-4,7,14H2,1H3;1H. The van der Waals surface area contributed by atoms with Crippen molar-refractivity contribution in [1.29, 1.82) is 0 Å². The van der Waals surface area contributed by atoms with Crippen molar-refractivity contribution >= 4 is 29.9 Å². The third-order valence-corrected chi connectivity index (χ3v) is 3.40. The maximum atomic E-state index is 12.2. The fraction of sp³-hybridized carbons (Fsp3) is 0.583. The molecule has 18 heavy (non-hydrogen) atoms. The van der Waals surface area contributed by atoms with Crippen molar-refractivity contribution in [2.75, 3.05) is 6.54 Å². The summed E-state index contributed by atoms with van der Waals surface area (Å²) in [5.74, 6) is 0.182. The molecule has 6 heteroatoms. The van der Waals surface area contributed by atoms with Gasteiger partial charge in [0.1, 0.15) is 0 Å². The fourth-order valence-electron chi connectivity index (χ4n) is 2.33. The van der Waals surface area contributed by atoms with Crippen molar-refractivity contribution in [3.05, 3.63) is 23.1 Å². The number of hydrogen-bond acceptors (Lipinski definition) is 3. The molecule has 1 saturated heterocycles.